The number of phenols is 1. The Morgan fingerprint density at radius 2 is 1.78 bits per heavy atom. The summed E-state index contributed by atoms with van der Waals surface area (Å²) in [7, 11) is 1.41. The molecule has 6 heterocycles. The van der Waals surface area contributed by atoms with E-state index in [1.165, 1.54) is 37.8 Å². The van der Waals surface area contributed by atoms with Gasteiger partial charge in [0.05, 0.1) is 37.4 Å². The molecule has 4 aromatic rings. The van der Waals surface area contributed by atoms with Crippen LogP contribution in [0.3, 0.4) is 0 Å². The molecule has 2 aliphatic carbocycles. The Hall–Kier alpha value is -5.80. The molecule has 6 fully saturated rings. The van der Waals surface area contributed by atoms with Crippen molar-refractivity contribution in [2.24, 2.45) is 28.6 Å². The summed E-state index contributed by atoms with van der Waals surface area (Å²) in [6.07, 6.45) is 9.89. The molecule has 0 spiro atoms. The number of rotatable bonds is 9. The number of benzene rings is 2. The number of nitrogens with zero attached hydrogens (tertiary/aromatic N) is 7. The van der Waals surface area contributed by atoms with Crippen LogP contribution in [0.25, 0.3) is 32.9 Å². The van der Waals surface area contributed by atoms with Crippen LogP contribution in [0, 0.1) is 63.9 Å². The summed E-state index contributed by atoms with van der Waals surface area (Å²) in [4.78, 5) is 42.5. The number of anilines is 1. The fourth-order valence-corrected chi connectivity index (χ4v) is 9.23. The van der Waals surface area contributed by atoms with Gasteiger partial charge in [-0.2, -0.15) is 15.2 Å². The molecule has 2 saturated carbocycles. The molecule has 5 atom stereocenters. The summed E-state index contributed by atoms with van der Waals surface area (Å²) in [5.74, 6) is 1.70. The van der Waals surface area contributed by atoms with Crippen LogP contribution in [-0.2, 0) is 9.59 Å². The highest BCUT2D eigenvalue weighted by Crippen LogP contribution is 2.51. The molecule has 2 aromatic heterocycles. The highest BCUT2D eigenvalue weighted by molar-refractivity contribution is 6.04. The van der Waals surface area contributed by atoms with Gasteiger partial charge in [0.15, 0.2) is 5.82 Å². The first-order chi connectivity index (χ1) is 27.7. The van der Waals surface area contributed by atoms with Gasteiger partial charge in [0.2, 0.25) is 11.8 Å². The average Bonchev–Trinajstić information content (AvgIpc) is 4.09. The quantitative estimate of drug-likeness (QED) is 0.159. The standard InChI is InChI=1S/C42H43F2N7O4.CH2O2/c1-6-28-31(43)8-7-22-12-27(52)14-29(32(22)28)35-34(44)36-33(38(46-35)54-5)37(50-18-25-13-26(19-50)51(25)39(53)30(15-45)41(2,3)4)48-40(47-36)55-21-42(9-10-42)20-49-16-23-11-24(23)17-49;2-1-3/h1,7-8,12,14,23-26,30,52H,9-11,13,16-21H2,2-5H3;1H,(H,2,3). The number of likely N-dealkylation sites (tertiary alicyclic amines) is 1. The van der Waals surface area contributed by atoms with Crippen LogP contribution in [0.4, 0.5) is 14.6 Å². The minimum absolute atomic E-state index is 0.00303. The van der Waals surface area contributed by atoms with Gasteiger partial charge >= 0.3 is 6.01 Å². The van der Waals surface area contributed by atoms with Gasteiger partial charge in [-0.05, 0) is 66.5 Å². The summed E-state index contributed by atoms with van der Waals surface area (Å²) < 4.78 is 44.6. The summed E-state index contributed by atoms with van der Waals surface area (Å²) in [5, 5.41) is 28.3. The molecule has 4 saturated heterocycles. The number of carboxylic acid groups (broad SMARTS) is 1. The van der Waals surface area contributed by atoms with Gasteiger partial charge in [-0.15, -0.1) is 6.42 Å². The van der Waals surface area contributed by atoms with Gasteiger partial charge in [-0.3, -0.25) is 9.59 Å². The maximum absolute atomic E-state index is 17.3. The van der Waals surface area contributed by atoms with Gasteiger partial charge < -0.3 is 34.4 Å². The normalized spacial score (nSPS) is 23.1. The molecule has 2 aromatic carbocycles. The number of nitriles is 1. The van der Waals surface area contributed by atoms with Crippen molar-refractivity contribution in [2.45, 2.75) is 58.5 Å². The predicted molar refractivity (Wildman–Crippen MR) is 210 cm³/mol. The number of fused-ring (bicyclic) bond motifs is 5. The van der Waals surface area contributed by atoms with E-state index >= 15 is 8.78 Å². The van der Waals surface area contributed by atoms with E-state index < -0.39 is 23.0 Å². The van der Waals surface area contributed by atoms with Crippen molar-refractivity contribution < 1.29 is 38.1 Å². The van der Waals surface area contributed by atoms with E-state index in [0.717, 1.165) is 50.7 Å². The smallest absolute Gasteiger partial charge is 0.319 e. The minimum atomic E-state index is -0.845. The number of piperazine rings is 1. The van der Waals surface area contributed by atoms with Gasteiger partial charge in [0.1, 0.15) is 39.9 Å². The van der Waals surface area contributed by atoms with Crippen molar-refractivity contribution in [3.8, 4) is 47.3 Å². The number of pyridine rings is 1. The minimum Gasteiger partial charge on any atom is -0.508 e. The van der Waals surface area contributed by atoms with Crippen molar-refractivity contribution in [1.82, 2.24) is 24.8 Å². The number of hydrogen-bond acceptors (Lipinski definition) is 11. The lowest BCUT2D eigenvalue weighted by atomic mass is 9.78. The van der Waals surface area contributed by atoms with Gasteiger partial charge in [-0.1, -0.05) is 32.8 Å². The van der Waals surface area contributed by atoms with Crippen molar-refractivity contribution in [1.29, 1.82) is 5.26 Å². The summed E-state index contributed by atoms with van der Waals surface area (Å²) in [6.45, 7) is 9.74. The largest absolute Gasteiger partial charge is 0.508 e. The van der Waals surface area contributed by atoms with Crippen LogP contribution in [0.1, 0.15) is 52.0 Å². The van der Waals surface area contributed by atoms with Gasteiger partial charge in [0, 0.05) is 49.1 Å². The molecule has 1 amide bonds. The van der Waals surface area contributed by atoms with Crippen LogP contribution in [0.2, 0.25) is 0 Å². The molecule has 10 rings (SSSR count). The molecule has 2 N–H and O–H groups in total. The third-order valence-corrected chi connectivity index (χ3v) is 12.4. The molecule has 13 nitrogen and oxygen atoms in total. The Balaban J connectivity index is 0.00000152. The molecular weight excluding hydrogens is 749 g/mol. The number of phenolic OH excluding ortho intramolecular Hbond substituents is 1. The second-order valence-electron chi connectivity index (χ2n) is 17.5. The zero-order valence-electron chi connectivity index (χ0n) is 32.8. The first kappa shape index (κ1) is 39.0. The number of carbonyl (C=O) groups excluding carboxylic acids is 1. The zero-order chi connectivity index (χ0) is 41.3. The highest BCUT2D eigenvalue weighted by Gasteiger charge is 2.52. The molecule has 0 radical (unpaired) electrons. The van der Waals surface area contributed by atoms with Crippen LogP contribution >= 0.6 is 0 Å². The SMILES string of the molecule is C#Cc1c(F)ccc2cc(O)cc(-c3nc(OC)c4c(N5CC6CC(C5)N6C(=O)C(C#N)C(C)(C)C)nc(OCC5(CN6CC7CC7C6)CC5)nc4c3F)c12.O=CO. The number of terminal acetylenes is 1. The van der Waals surface area contributed by atoms with Crippen LogP contribution in [0.5, 0.6) is 17.6 Å². The van der Waals surface area contributed by atoms with E-state index in [4.69, 9.17) is 30.8 Å². The topological polar surface area (TPSA) is 165 Å². The lowest BCUT2D eigenvalue weighted by molar-refractivity contribution is -0.151. The molecular formula is C43H45F2N7O6. The third-order valence-electron chi connectivity index (χ3n) is 12.4. The molecule has 302 valence electrons. The van der Waals surface area contributed by atoms with E-state index in [9.17, 15) is 15.2 Å². The number of ether oxygens (including phenoxy) is 2. The Bertz CT molecular complexity index is 2400. The maximum atomic E-state index is 17.3. The average molecular weight is 794 g/mol. The molecule has 58 heavy (non-hydrogen) atoms. The number of methoxy groups -OCH3 is 1. The Morgan fingerprint density at radius 3 is 2.38 bits per heavy atom. The second kappa shape index (κ2) is 14.5. The molecule has 4 aliphatic heterocycles. The number of hydrogen-bond donors (Lipinski definition) is 2. The van der Waals surface area contributed by atoms with Crippen molar-refractivity contribution in [3.05, 3.63) is 41.5 Å². The predicted octanol–water partition coefficient (Wildman–Crippen LogP) is 5.61. The van der Waals surface area contributed by atoms with E-state index in [0.29, 0.717) is 30.9 Å². The highest BCUT2D eigenvalue weighted by atomic mass is 19.1. The first-order valence-electron chi connectivity index (χ1n) is 19.5. The molecule has 2 bridgehead atoms. The van der Waals surface area contributed by atoms with Crippen LogP contribution in [0.15, 0.2) is 24.3 Å². The third kappa shape index (κ3) is 6.85. The van der Waals surface area contributed by atoms with Crippen LogP contribution in [-0.4, -0.2) is 106 Å². The summed E-state index contributed by atoms with van der Waals surface area (Å²) >= 11 is 0. The van der Waals surface area contributed by atoms with Crippen molar-refractivity contribution in [3.63, 3.8) is 0 Å². The van der Waals surface area contributed by atoms with Crippen molar-refractivity contribution in [2.75, 3.05) is 51.3 Å². The van der Waals surface area contributed by atoms with Gasteiger partial charge in [-0.25, -0.2) is 13.8 Å². The number of carbonyl (C=O) groups is 2. The Kier molecular flexibility index (Phi) is 9.79. The fourth-order valence-electron chi connectivity index (χ4n) is 9.23. The molecule has 15 heteroatoms. The number of aromatic hydroxyl groups is 1. The number of halogens is 2. The lowest BCUT2D eigenvalue weighted by Gasteiger charge is -2.57. The lowest BCUT2D eigenvalue weighted by Crippen LogP contribution is -2.71. The molecule has 5 unspecified atom stereocenters. The number of aromatic nitrogens is 3. The Morgan fingerprint density at radius 1 is 1.09 bits per heavy atom. The summed E-state index contributed by atoms with van der Waals surface area (Å²) in [5.41, 5.74) is -0.934. The number of amides is 1. The van der Waals surface area contributed by atoms with E-state index in [2.05, 4.69) is 26.9 Å². The monoisotopic (exact) mass is 793 g/mol. The summed E-state index contributed by atoms with van der Waals surface area (Å²) in [6, 6.07) is 7.25. The van der Waals surface area contributed by atoms with Crippen LogP contribution < -0.4 is 14.4 Å². The van der Waals surface area contributed by atoms with E-state index in [-0.39, 0.29) is 80.6 Å². The second-order valence-corrected chi connectivity index (χ2v) is 17.5. The van der Waals surface area contributed by atoms with Gasteiger partial charge in [0.25, 0.3) is 6.47 Å². The maximum Gasteiger partial charge on any atom is 0.319 e. The number of piperidine rings is 2. The Labute approximate surface area is 334 Å². The molecule has 6 aliphatic rings. The van der Waals surface area contributed by atoms with E-state index in [1.54, 1.807) is 0 Å². The first-order valence-corrected chi connectivity index (χ1v) is 19.5. The van der Waals surface area contributed by atoms with Crippen molar-refractivity contribution >= 4 is 39.9 Å². The fraction of sp³-hybridized carbons (Fsp3) is 0.488. The zero-order valence-corrected chi connectivity index (χ0v) is 32.8. The van der Waals surface area contributed by atoms with E-state index in [1.807, 2.05) is 30.6 Å².